The van der Waals surface area contributed by atoms with E-state index in [1.807, 2.05) is 29.2 Å². The summed E-state index contributed by atoms with van der Waals surface area (Å²) in [7, 11) is 0. The van der Waals surface area contributed by atoms with E-state index in [2.05, 4.69) is 10.8 Å². The van der Waals surface area contributed by atoms with Crippen LogP contribution in [0.3, 0.4) is 0 Å². The van der Waals surface area contributed by atoms with E-state index in [0.717, 1.165) is 62.9 Å². The van der Waals surface area contributed by atoms with Gasteiger partial charge in [-0.1, -0.05) is 31.4 Å². The second-order valence-corrected chi connectivity index (χ2v) is 9.08. The van der Waals surface area contributed by atoms with Gasteiger partial charge in [0.2, 0.25) is 5.91 Å². The van der Waals surface area contributed by atoms with E-state index in [-0.39, 0.29) is 24.2 Å². The lowest BCUT2D eigenvalue weighted by Crippen LogP contribution is -2.36. The van der Waals surface area contributed by atoms with E-state index in [1.54, 1.807) is 6.08 Å². The summed E-state index contributed by atoms with van der Waals surface area (Å²) in [6, 6.07) is 8.24. The number of nitrogens with one attached hydrogen (secondary N) is 2. The molecule has 7 heteroatoms. The summed E-state index contributed by atoms with van der Waals surface area (Å²) >= 11 is 0. The van der Waals surface area contributed by atoms with Crippen molar-refractivity contribution in [2.75, 3.05) is 25.0 Å². The third-order valence-corrected chi connectivity index (χ3v) is 6.59. The standard InChI is InChI=1S/C25H35N3O4/c29-23(27-32-24-8-4-5-17-31-24)14-11-19-9-12-21(13-10-19)26-22-15-16-28(18-22)25(30)20-6-2-1-3-7-20/h9-14,20,22,24,26H,1-8,15-18H2,(H,27,29)/b14-11+. The van der Waals surface area contributed by atoms with Gasteiger partial charge in [-0.05, 0) is 55.9 Å². The minimum Gasteiger partial charge on any atom is -0.380 e. The van der Waals surface area contributed by atoms with Crippen molar-refractivity contribution in [1.29, 1.82) is 0 Å². The molecular weight excluding hydrogens is 406 g/mol. The molecule has 4 rings (SSSR count). The number of amides is 2. The fraction of sp³-hybridized carbons (Fsp3) is 0.600. The van der Waals surface area contributed by atoms with Gasteiger partial charge in [-0.3, -0.25) is 9.59 Å². The first kappa shape index (κ1) is 22.8. The summed E-state index contributed by atoms with van der Waals surface area (Å²) in [6.45, 7) is 2.30. The molecule has 2 unspecified atom stereocenters. The Balaban J connectivity index is 1.19. The molecule has 0 bridgehead atoms. The Morgan fingerprint density at radius 3 is 2.53 bits per heavy atom. The second-order valence-electron chi connectivity index (χ2n) is 9.08. The van der Waals surface area contributed by atoms with Crippen molar-refractivity contribution in [2.45, 2.75) is 70.1 Å². The molecule has 2 N–H and O–H groups in total. The Hall–Kier alpha value is -2.38. The first-order valence-electron chi connectivity index (χ1n) is 12.1. The first-order chi connectivity index (χ1) is 15.7. The maximum absolute atomic E-state index is 12.7. The average Bonchev–Trinajstić information content (AvgIpc) is 3.31. The second kappa shape index (κ2) is 11.5. The van der Waals surface area contributed by atoms with Crippen LogP contribution in [0.4, 0.5) is 5.69 Å². The van der Waals surface area contributed by atoms with Gasteiger partial charge in [-0.25, -0.2) is 10.3 Å². The maximum Gasteiger partial charge on any atom is 0.267 e. The minimum atomic E-state index is -0.351. The van der Waals surface area contributed by atoms with Crippen molar-refractivity contribution in [3.05, 3.63) is 35.9 Å². The van der Waals surface area contributed by atoms with Crippen LogP contribution >= 0.6 is 0 Å². The quantitative estimate of drug-likeness (QED) is 0.496. The highest BCUT2D eigenvalue weighted by Crippen LogP contribution is 2.27. The maximum atomic E-state index is 12.7. The van der Waals surface area contributed by atoms with Crippen molar-refractivity contribution in [2.24, 2.45) is 5.92 Å². The van der Waals surface area contributed by atoms with Crippen LogP contribution in [-0.2, 0) is 19.2 Å². The van der Waals surface area contributed by atoms with Crippen LogP contribution < -0.4 is 10.8 Å². The van der Waals surface area contributed by atoms with Crippen LogP contribution in [0.2, 0.25) is 0 Å². The number of nitrogens with zero attached hydrogens (tertiary/aromatic N) is 1. The van der Waals surface area contributed by atoms with Crippen LogP contribution in [0.1, 0.15) is 63.4 Å². The van der Waals surface area contributed by atoms with Crippen molar-refractivity contribution < 1.29 is 19.2 Å². The van der Waals surface area contributed by atoms with Crippen LogP contribution in [0.15, 0.2) is 30.3 Å². The molecule has 2 heterocycles. The van der Waals surface area contributed by atoms with Gasteiger partial charge in [0.25, 0.3) is 5.91 Å². The summed E-state index contributed by atoms with van der Waals surface area (Å²) in [4.78, 5) is 32.0. The van der Waals surface area contributed by atoms with Gasteiger partial charge in [0, 0.05) is 49.8 Å². The molecule has 1 aromatic carbocycles. The van der Waals surface area contributed by atoms with Gasteiger partial charge in [-0.2, -0.15) is 0 Å². The van der Waals surface area contributed by atoms with Crippen molar-refractivity contribution in [3.63, 3.8) is 0 Å². The molecule has 3 aliphatic rings. The molecule has 2 atom stereocenters. The highest BCUT2D eigenvalue weighted by molar-refractivity contribution is 5.91. The lowest BCUT2D eigenvalue weighted by atomic mass is 9.88. The Kier molecular flexibility index (Phi) is 8.18. The monoisotopic (exact) mass is 441 g/mol. The van der Waals surface area contributed by atoms with E-state index < -0.39 is 0 Å². The van der Waals surface area contributed by atoms with Crippen LogP contribution in [0, 0.1) is 5.92 Å². The van der Waals surface area contributed by atoms with Gasteiger partial charge >= 0.3 is 0 Å². The molecule has 2 amide bonds. The normalized spacial score (nSPS) is 24.6. The molecule has 1 saturated carbocycles. The minimum absolute atomic E-state index is 0.242. The number of rotatable bonds is 7. The Morgan fingerprint density at radius 1 is 1.00 bits per heavy atom. The molecule has 2 aliphatic heterocycles. The lowest BCUT2D eigenvalue weighted by molar-refractivity contribution is -0.198. The molecule has 1 aromatic rings. The summed E-state index contributed by atoms with van der Waals surface area (Å²) < 4.78 is 5.42. The zero-order valence-corrected chi connectivity index (χ0v) is 18.8. The molecule has 7 nitrogen and oxygen atoms in total. The molecule has 2 saturated heterocycles. The summed E-state index contributed by atoms with van der Waals surface area (Å²) in [5.41, 5.74) is 4.38. The number of hydrogen-bond acceptors (Lipinski definition) is 5. The van der Waals surface area contributed by atoms with Crippen LogP contribution in [-0.4, -0.2) is 48.7 Å². The van der Waals surface area contributed by atoms with E-state index in [4.69, 9.17) is 9.57 Å². The predicted octanol–water partition coefficient (Wildman–Crippen LogP) is 3.87. The summed E-state index contributed by atoms with van der Waals surface area (Å²) in [6.07, 6.45) is 12.5. The fourth-order valence-electron chi connectivity index (χ4n) is 4.75. The smallest absolute Gasteiger partial charge is 0.267 e. The highest BCUT2D eigenvalue weighted by Gasteiger charge is 2.31. The van der Waals surface area contributed by atoms with Gasteiger partial charge in [0.15, 0.2) is 6.29 Å². The highest BCUT2D eigenvalue weighted by atomic mass is 16.8. The van der Waals surface area contributed by atoms with Gasteiger partial charge in [0.05, 0.1) is 0 Å². The lowest BCUT2D eigenvalue weighted by Gasteiger charge is -2.26. The van der Waals surface area contributed by atoms with E-state index >= 15 is 0 Å². The van der Waals surface area contributed by atoms with Gasteiger partial charge in [0.1, 0.15) is 0 Å². The number of hydroxylamine groups is 1. The van der Waals surface area contributed by atoms with Gasteiger partial charge < -0.3 is 15.0 Å². The number of carbonyl (C=O) groups excluding carboxylic acids is 2. The Labute approximate surface area is 190 Å². The molecule has 0 spiro atoms. The number of benzene rings is 1. The molecule has 0 radical (unpaired) electrons. The molecule has 1 aliphatic carbocycles. The molecular formula is C25H35N3O4. The van der Waals surface area contributed by atoms with E-state index in [1.165, 1.54) is 25.3 Å². The third kappa shape index (κ3) is 6.56. The largest absolute Gasteiger partial charge is 0.380 e. The van der Waals surface area contributed by atoms with Crippen LogP contribution in [0.5, 0.6) is 0 Å². The summed E-state index contributed by atoms with van der Waals surface area (Å²) in [5.74, 6) is 0.285. The molecule has 0 aromatic heterocycles. The number of anilines is 1. The summed E-state index contributed by atoms with van der Waals surface area (Å²) in [5, 5.41) is 3.55. The Bertz CT molecular complexity index is 783. The SMILES string of the molecule is O=C(/C=C/c1ccc(NC2CCN(C(=O)C3CCCCC3)C2)cc1)NOC1CCCCO1. The number of likely N-dealkylation sites (tertiary alicyclic amines) is 1. The number of ether oxygens (including phenoxy) is 1. The molecule has 174 valence electrons. The van der Waals surface area contributed by atoms with Crippen molar-refractivity contribution >= 4 is 23.6 Å². The topological polar surface area (TPSA) is 79.9 Å². The fourth-order valence-corrected chi connectivity index (χ4v) is 4.75. The average molecular weight is 442 g/mol. The van der Waals surface area contributed by atoms with Crippen LogP contribution in [0.25, 0.3) is 6.08 Å². The Morgan fingerprint density at radius 2 is 1.78 bits per heavy atom. The molecule has 32 heavy (non-hydrogen) atoms. The number of carbonyl (C=O) groups is 2. The molecule has 3 fully saturated rings. The zero-order chi connectivity index (χ0) is 22.2. The van der Waals surface area contributed by atoms with Crippen molar-refractivity contribution in [3.8, 4) is 0 Å². The van der Waals surface area contributed by atoms with Gasteiger partial charge in [-0.15, -0.1) is 0 Å². The predicted molar refractivity (Wildman–Crippen MR) is 123 cm³/mol. The van der Waals surface area contributed by atoms with E-state index in [9.17, 15) is 9.59 Å². The third-order valence-electron chi connectivity index (χ3n) is 6.59. The number of hydrogen-bond donors (Lipinski definition) is 2. The van der Waals surface area contributed by atoms with E-state index in [0.29, 0.717) is 12.5 Å². The zero-order valence-electron chi connectivity index (χ0n) is 18.8. The van der Waals surface area contributed by atoms with Crippen molar-refractivity contribution in [1.82, 2.24) is 10.4 Å². The first-order valence-corrected chi connectivity index (χ1v) is 12.1.